The standard InChI is InChI=1S/C13H16BrN3/c1-8-6-10(7-9(2)12(8)14)13(15)11-4-5-17(3)16-11/h4-7,13H,15H2,1-3H3. The van der Waals surface area contributed by atoms with E-state index in [4.69, 9.17) is 5.73 Å². The van der Waals surface area contributed by atoms with Crippen molar-refractivity contribution in [1.29, 1.82) is 0 Å². The third-order valence-electron chi connectivity index (χ3n) is 2.87. The van der Waals surface area contributed by atoms with Gasteiger partial charge in [-0.3, -0.25) is 4.68 Å². The molecular formula is C13H16BrN3. The van der Waals surface area contributed by atoms with Crippen molar-refractivity contribution in [3.8, 4) is 0 Å². The molecule has 1 aromatic heterocycles. The SMILES string of the molecule is Cc1cc(C(N)c2ccn(C)n2)cc(C)c1Br. The van der Waals surface area contributed by atoms with Gasteiger partial charge in [0.15, 0.2) is 0 Å². The van der Waals surface area contributed by atoms with Gasteiger partial charge in [-0.25, -0.2) is 0 Å². The lowest BCUT2D eigenvalue weighted by Gasteiger charge is -2.13. The van der Waals surface area contributed by atoms with Crippen LogP contribution in [0.2, 0.25) is 0 Å². The minimum atomic E-state index is -0.165. The average Bonchev–Trinajstić information content (AvgIpc) is 2.71. The Balaban J connectivity index is 2.41. The largest absolute Gasteiger partial charge is 0.319 e. The molecule has 90 valence electrons. The van der Waals surface area contributed by atoms with Gasteiger partial charge >= 0.3 is 0 Å². The van der Waals surface area contributed by atoms with Gasteiger partial charge in [0, 0.05) is 17.7 Å². The molecule has 4 heteroatoms. The monoisotopic (exact) mass is 293 g/mol. The van der Waals surface area contributed by atoms with Crippen molar-refractivity contribution in [3.05, 3.63) is 51.3 Å². The minimum absolute atomic E-state index is 0.165. The van der Waals surface area contributed by atoms with Crippen molar-refractivity contribution in [1.82, 2.24) is 9.78 Å². The molecule has 1 aromatic carbocycles. The molecule has 2 rings (SSSR count). The number of benzene rings is 1. The fourth-order valence-corrected chi connectivity index (χ4v) is 2.16. The number of hydrogen-bond acceptors (Lipinski definition) is 2. The number of hydrogen-bond donors (Lipinski definition) is 1. The summed E-state index contributed by atoms with van der Waals surface area (Å²) in [7, 11) is 1.90. The van der Waals surface area contributed by atoms with Crippen LogP contribution in [-0.2, 0) is 7.05 Å². The average molecular weight is 294 g/mol. The predicted octanol–water partition coefficient (Wildman–Crippen LogP) is 2.85. The summed E-state index contributed by atoms with van der Waals surface area (Å²) in [4.78, 5) is 0. The van der Waals surface area contributed by atoms with Crippen LogP contribution in [0.3, 0.4) is 0 Å². The molecule has 0 fully saturated rings. The fourth-order valence-electron chi connectivity index (χ4n) is 1.93. The topological polar surface area (TPSA) is 43.8 Å². The summed E-state index contributed by atoms with van der Waals surface area (Å²) < 4.78 is 2.92. The maximum atomic E-state index is 6.23. The van der Waals surface area contributed by atoms with Crippen LogP contribution in [0.1, 0.15) is 28.4 Å². The van der Waals surface area contributed by atoms with Gasteiger partial charge in [-0.15, -0.1) is 0 Å². The summed E-state index contributed by atoms with van der Waals surface area (Å²) in [6.07, 6.45) is 1.91. The summed E-state index contributed by atoms with van der Waals surface area (Å²) in [5, 5.41) is 4.35. The number of nitrogens with zero attached hydrogens (tertiary/aromatic N) is 2. The molecule has 0 aliphatic rings. The molecule has 1 atom stereocenters. The molecule has 0 aliphatic heterocycles. The molecule has 0 radical (unpaired) electrons. The van der Waals surface area contributed by atoms with Gasteiger partial charge in [0.1, 0.15) is 0 Å². The lowest BCUT2D eigenvalue weighted by molar-refractivity contribution is 0.715. The van der Waals surface area contributed by atoms with Gasteiger partial charge in [-0.05, 0) is 36.6 Å². The molecule has 1 unspecified atom stereocenters. The first-order chi connectivity index (χ1) is 7.99. The van der Waals surface area contributed by atoms with Crippen LogP contribution in [0.4, 0.5) is 0 Å². The Morgan fingerprint density at radius 2 is 1.88 bits per heavy atom. The van der Waals surface area contributed by atoms with Crippen molar-refractivity contribution in [2.75, 3.05) is 0 Å². The zero-order valence-electron chi connectivity index (χ0n) is 10.2. The third-order valence-corrected chi connectivity index (χ3v) is 4.12. The van der Waals surface area contributed by atoms with E-state index < -0.39 is 0 Å². The van der Waals surface area contributed by atoms with E-state index >= 15 is 0 Å². The molecule has 17 heavy (non-hydrogen) atoms. The molecule has 2 aromatic rings. The highest BCUT2D eigenvalue weighted by molar-refractivity contribution is 9.10. The first-order valence-electron chi connectivity index (χ1n) is 5.51. The van der Waals surface area contributed by atoms with Crippen molar-refractivity contribution in [2.24, 2.45) is 12.8 Å². The van der Waals surface area contributed by atoms with E-state index in [2.05, 4.69) is 47.0 Å². The van der Waals surface area contributed by atoms with Crippen molar-refractivity contribution in [2.45, 2.75) is 19.9 Å². The van der Waals surface area contributed by atoms with Gasteiger partial charge < -0.3 is 5.73 Å². The second-order valence-corrected chi connectivity index (χ2v) is 5.15. The maximum absolute atomic E-state index is 6.23. The highest BCUT2D eigenvalue weighted by Crippen LogP contribution is 2.26. The van der Waals surface area contributed by atoms with E-state index in [-0.39, 0.29) is 6.04 Å². The van der Waals surface area contributed by atoms with Crippen LogP contribution in [0.15, 0.2) is 28.9 Å². The Hall–Kier alpha value is -1.13. The highest BCUT2D eigenvalue weighted by atomic mass is 79.9. The van der Waals surface area contributed by atoms with Crippen LogP contribution in [0.25, 0.3) is 0 Å². The van der Waals surface area contributed by atoms with Gasteiger partial charge in [-0.2, -0.15) is 5.10 Å². The first kappa shape index (κ1) is 12.3. The van der Waals surface area contributed by atoms with E-state index in [1.54, 1.807) is 4.68 Å². The zero-order chi connectivity index (χ0) is 12.6. The number of rotatable bonds is 2. The van der Waals surface area contributed by atoms with Gasteiger partial charge in [0.05, 0.1) is 11.7 Å². The second-order valence-electron chi connectivity index (χ2n) is 4.36. The summed E-state index contributed by atoms with van der Waals surface area (Å²) in [6, 6.07) is 6.01. The maximum Gasteiger partial charge on any atom is 0.0837 e. The zero-order valence-corrected chi connectivity index (χ0v) is 11.8. The van der Waals surface area contributed by atoms with Crippen molar-refractivity contribution >= 4 is 15.9 Å². The third kappa shape index (κ3) is 2.42. The normalized spacial score (nSPS) is 12.8. The van der Waals surface area contributed by atoms with E-state index in [0.29, 0.717) is 0 Å². The fraction of sp³-hybridized carbons (Fsp3) is 0.308. The first-order valence-corrected chi connectivity index (χ1v) is 6.30. The molecule has 2 N–H and O–H groups in total. The molecule has 0 aliphatic carbocycles. The molecule has 0 spiro atoms. The molecule has 0 bridgehead atoms. The van der Waals surface area contributed by atoms with E-state index in [0.717, 1.165) is 15.7 Å². The summed E-state index contributed by atoms with van der Waals surface area (Å²) in [6.45, 7) is 4.15. The molecule has 1 heterocycles. The van der Waals surface area contributed by atoms with E-state index in [1.165, 1.54) is 11.1 Å². The lowest BCUT2D eigenvalue weighted by Crippen LogP contribution is -2.13. The summed E-state index contributed by atoms with van der Waals surface area (Å²) in [5.41, 5.74) is 10.6. The molecular weight excluding hydrogens is 278 g/mol. The Morgan fingerprint density at radius 3 is 2.35 bits per heavy atom. The number of nitrogens with two attached hydrogens (primary N) is 1. The van der Waals surface area contributed by atoms with Crippen LogP contribution in [0.5, 0.6) is 0 Å². The Bertz CT molecular complexity index is 522. The molecule has 3 nitrogen and oxygen atoms in total. The Morgan fingerprint density at radius 1 is 1.29 bits per heavy atom. The molecule has 0 amide bonds. The van der Waals surface area contributed by atoms with Gasteiger partial charge in [0.25, 0.3) is 0 Å². The van der Waals surface area contributed by atoms with Gasteiger partial charge in [-0.1, -0.05) is 28.1 Å². The number of halogens is 1. The number of aromatic nitrogens is 2. The summed E-state index contributed by atoms with van der Waals surface area (Å²) >= 11 is 3.56. The molecule has 0 saturated heterocycles. The van der Waals surface area contributed by atoms with Crippen LogP contribution < -0.4 is 5.73 Å². The predicted molar refractivity (Wildman–Crippen MR) is 72.9 cm³/mol. The van der Waals surface area contributed by atoms with Crippen LogP contribution in [0, 0.1) is 13.8 Å². The minimum Gasteiger partial charge on any atom is -0.319 e. The highest BCUT2D eigenvalue weighted by Gasteiger charge is 2.13. The molecule has 0 saturated carbocycles. The van der Waals surface area contributed by atoms with E-state index in [9.17, 15) is 0 Å². The smallest absolute Gasteiger partial charge is 0.0837 e. The van der Waals surface area contributed by atoms with Gasteiger partial charge in [0.2, 0.25) is 0 Å². The van der Waals surface area contributed by atoms with Crippen molar-refractivity contribution in [3.63, 3.8) is 0 Å². The summed E-state index contributed by atoms with van der Waals surface area (Å²) in [5.74, 6) is 0. The van der Waals surface area contributed by atoms with Crippen LogP contribution >= 0.6 is 15.9 Å². The van der Waals surface area contributed by atoms with Crippen LogP contribution in [-0.4, -0.2) is 9.78 Å². The Labute approximate surface area is 110 Å². The Kier molecular flexibility index (Phi) is 3.35. The quantitative estimate of drug-likeness (QED) is 0.925. The number of aryl methyl sites for hydroxylation is 3. The second kappa shape index (κ2) is 4.63. The lowest BCUT2D eigenvalue weighted by atomic mass is 10.00. The van der Waals surface area contributed by atoms with Crippen molar-refractivity contribution < 1.29 is 0 Å². The van der Waals surface area contributed by atoms with E-state index in [1.807, 2.05) is 19.3 Å².